The summed E-state index contributed by atoms with van der Waals surface area (Å²) in [4.78, 5) is 9.00. The summed E-state index contributed by atoms with van der Waals surface area (Å²) < 4.78 is 13.8. The van der Waals surface area contributed by atoms with E-state index in [0.717, 1.165) is 56.1 Å². The number of likely N-dealkylation sites (tertiary alicyclic amines) is 1. The molecule has 1 unspecified atom stereocenters. The van der Waals surface area contributed by atoms with Gasteiger partial charge in [-0.15, -0.1) is 0 Å². The van der Waals surface area contributed by atoms with Crippen molar-refractivity contribution in [3.8, 4) is 5.75 Å². The summed E-state index contributed by atoms with van der Waals surface area (Å²) in [6.45, 7) is 4.97. The van der Waals surface area contributed by atoms with Gasteiger partial charge in [0.05, 0.1) is 36.3 Å². The van der Waals surface area contributed by atoms with Crippen molar-refractivity contribution in [1.82, 2.24) is 19.5 Å². The molecule has 0 aliphatic carbocycles. The SMILES string of the molecule is CN1CC[C@@]2(Cc3cc(NC(O)c4cnn5cccnc45)c(N4CCOCC4)cc3O2)C1. The predicted octanol–water partition coefficient (Wildman–Crippen LogP) is 1.68. The van der Waals surface area contributed by atoms with Crippen LogP contribution in [0.2, 0.25) is 0 Å². The molecule has 3 aliphatic rings. The number of aromatic nitrogens is 3. The zero-order valence-electron chi connectivity index (χ0n) is 18.2. The lowest BCUT2D eigenvalue weighted by molar-refractivity contribution is 0.106. The summed E-state index contributed by atoms with van der Waals surface area (Å²) in [6.07, 6.45) is 6.17. The van der Waals surface area contributed by atoms with Crippen molar-refractivity contribution in [1.29, 1.82) is 0 Å². The Bertz CT molecular complexity index is 1140. The molecule has 9 heteroatoms. The van der Waals surface area contributed by atoms with Crippen LogP contribution in [0, 0.1) is 0 Å². The molecule has 3 aliphatic heterocycles. The first-order valence-corrected chi connectivity index (χ1v) is 11.2. The highest BCUT2D eigenvalue weighted by molar-refractivity contribution is 5.75. The van der Waals surface area contributed by atoms with Crippen LogP contribution in [0.4, 0.5) is 11.4 Å². The van der Waals surface area contributed by atoms with Crippen molar-refractivity contribution in [2.75, 3.05) is 56.7 Å². The highest BCUT2D eigenvalue weighted by Crippen LogP contribution is 2.45. The topological polar surface area (TPSA) is 87.4 Å². The monoisotopic (exact) mass is 436 g/mol. The fraction of sp³-hybridized carbons (Fsp3) is 0.478. The molecule has 0 radical (unpaired) electrons. The van der Waals surface area contributed by atoms with Crippen molar-refractivity contribution < 1.29 is 14.6 Å². The van der Waals surface area contributed by atoms with Crippen LogP contribution in [0.3, 0.4) is 0 Å². The number of morpholine rings is 1. The van der Waals surface area contributed by atoms with Gasteiger partial charge in [-0.25, -0.2) is 9.50 Å². The van der Waals surface area contributed by atoms with Crippen LogP contribution >= 0.6 is 0 Å². The second-order valence-electron chi connectivity index (χ2n) is 9.06. The number of benzene rings is 1. The molecule has 32 heavy (non-hydrogen) atoms. The lowest BCUT2D eigenvalue weighted by atomic mass is 9.96. The number of rotatable bonds is 4. The zero-order chi connectivity index (χ0) is 21.7. The molecule has 0 saturated carbocycles. The van der Waals surface area contributed by atoms with Crippen LogP contribution in [0.5, 0.6) is 5.75 Å². The summed E-state index contributed by atoms with van der Waals surface area (Å²) in [6, 6.07) is 6.10. The zero-order valence-corrected chi connectivity index (χ0v) is 18.2. The lowest BCUT2D eigenvalue weighted by Gasteiger charge is -2.31. The first-order valence-electron chi connectivity index (χ1n) is 11.2. The molecular weight excluding hydrogens is 408 g/mol. The highest BCUT2D eigenvalue weighted by atomic mass is 16.5. The van der Waals surface area contributed by atoms with E-state index < -0.39 is 6.23 Å². The van der Waals surface area contributed by atoms with Gasteiger partial charge in [-0.05, 0) is 19.2 Å². The van der Waals surface area contributed by atoms with Gasteiger partial charge in [-0.3, -0.25) is 0 Å². The Morgan fingerprint density at radius 3 is 2.91 bits per heavy atom. The van der Waals surface area contributed by atoms with Gasteiger partial charge in [-0.1, -0.05) is 0 Å². The molecule has 2 aromatic heterocycles. The van der Waals surface area contributed by atoms with Crippen LogP contribution in [-0.4, -0.2) is 76.6 Å². The summed E-state index contributed by atoms with van der Waals surface area (Å²) >= 11 is 0. The Morgan fingerprint density at radius 2 is 2.09 bits per heavy atom. The molecule has 6 rings (SSSR count). The van der Waals surface area contributed by atoms with Gasteiger partial charge in [0, 0.05) is 63.0 Å². The third-order valence-corrected chi connectivity index (χ3v) is 6.77. The smallest absolute Gasteiger partial charge is 0.162 e. The van der Waals surface area contributed by atoms with Crippen LogP contribution in [0.1, 0.15) is 23.8 Å². The quantitative estimate of drug-likeness (QED) is 0.598. The Balaban J connectivity index is 1.35. The third kappa shape index (κ3) is 3.37. The van der Waals surface area contributed by atoms with Crippen molar-refractivity contribution >= 4 is 17.0 Å². The van der Waals surface area contributed by atoms with Gasteiger partial charge in [-0.2, -0.15) is 5.10 Å². The molecule has 5 heterocycles. The van der Waals surface area contributed by atoms with Crippen LogP contribution in [0.25, 0.3) is 5.65 Å². The Morgan fingerprint density at radius 1 is 1.22 bits per heavy atom. The highest BCUT2D eigenvalue weighted by Gasteiger charge is 2.44. The summed E-state index contributed by atoms with van der Waals surface area (Å²) in [5, 5.41) is 18.7. The maximum absolute atomic E-state index is 11.1. The number of anilines is 2. The largest absolute Gasteiger partial charge is 0.485 e. The van der Waals surface area contributed by atoms with E-state index in [1.165, 1.54) is 5.56 Å². The number of fused-ring (bicyclic) bond motifs is 2. The average molecular weight is 437 g/mol. The van der Waals surface area contributed by atoms with Gasteiger partial charge < -0.3 is 29.7 Å². The Hall–Kier alpha value is -2.88. The number of nitrogens with one attached hydrogen (secondary N) is 1. The van der Waals surface area contributed by atoms with Crippen LogP contribution in [0.15, 0.2) is 36.8 Å². The molecule has 0 amide bonds. The average Bonchev–Trinajstić information content (AvgIpc) is 3.49. The second-order valence-corrected chi connectivity index (χ2v) is 9.06. The minimum absolute atomic E-state index is 0.136. The van der Waals surface area contributed by atoms with Crippen molar-refractivity contribution in [3.05, 3.63) is 47.9 Å². The first-order chi connectivity index (χ1) is 15.6. The number of hydrogen-bond acceptors (Lipinski definition) is 8. The van der Waals surface area contributed by atoms with Crippen molar-refractivity contribution in [2.24, 2.45) is 0 Å². The maximum Gasteiger partial charge on any atom is 0.162 e. The lowest BCUT2D eigenvalue weighted by Crippen LogP contribution is -2.37. The standard InChI is InChI=1S/C23H28N6O3/c1-27-6-3-23(15-27)13-16-11-18(19(12-20(16)32-23)28-7-9-31-10-8-28)26-22(30)17-14-25-29-5-2-4-24-21(17)29/h2,4-5,11-12,14,22,26,30H,3,6-10,13,15H2,1H3/t22?,23-/m1/s1. The molecule has 168 valence electrons. The van der Waals surface area contributed by atoms with Crippen molar-refractivity contribution in [2.45, 2.75) is 24.7 Å². The summed E-state index contributed by atoms with van der Waals surface area (Å²) in [5.41, 5.74) is 4.24. The van der Waals surface area contributed by atoms with E-state index in [1.54, 1.807) is 16.9 Å². The van der Waals surface area contributed by atoms with Gasteiger partial charge in [0.1, 0.15) is 11.4 Å². The molecule has 2 atom stereocenters. The predicted molar refractivity (Wildman–Crippen MR) is 120 cm³/mol. The molecule has 1 spiro atoms. The molecule has 0 bridgehead atoms. The normalized spacial score (nSPS) is 24.1. The van der Waals surface area contributed by atoms with Gasteiger partial charge in [0.2, 0.25) is 0 Å². The Kier molecular flexibility index (Phi) is 4.71. The van der Waals surface area contributed by atoms with E-state index in [1.807, 2.05) is 12.3 Å². The number of likely N-dealkylation sites (N-methyl/N-ethyl adjacent to an activating group) is 1. The molecule has 9 nitrogen and oxygen atoms in total. The Labute approximate surface area is 186 Å². The van der Waals surface area contributed by atoms with Crippen LogP contribution in [-0.2, 0) is 11.2 Å². The van der Waals surface area contributed by atoms with E-state index in [0.29, 0.717) is 24.4 Å². The minimum Gasteiger partial charge on any atom is -0.485 e. The third-order valence-electron chi connectivity index (χ3n) is 6.77. The number of aliphatic hydroxyl groups is 1. The maximum atomic E-state index is 11.1. The first kappa shape index (κ1) is 19.8. The van der Waals surface area contributed by atoms with Gasteiger partial charge in [0.25, 0.3) is 0 Å². The molecule has 3 aromatic rings. The number of aliphatic hydroxyl groups excluding tert-OH is 1. The molecule has 2 N–H and O–H groups in total. The number of nitrogens with zero attached hydrogens (tertiary/aromatic N) is 5. The molecule has 1 aromatic carbocycles. The van der Waals surface area contributed by atoms with Crippen molar-refractivity contribution in [3.63, 3.8) is 0 Å². The second kappa shape index (κ2) is 7.61. The molecular formula is C23H28N6O3. The summed E-state index contributed by atoms with van der Waals surface area (Å²) in [7, 11) is 2.15. The van der Waals surface area contributed by atoms with E-state index in [4.69, 9.17) is 9.47 Å². The molecule has 2 fully saturated rings. The van der Waals surface area contributed by atoms with E-state index in [-0.39, 0.29) is 5.60 Å². The van der Waals surface area contributed by atoms with E-state index in [2.05, 4.69) is 44.4 Å². The fourth-order valence-electron chi connectivity index (χ4n) is 5.18. The van der Waals surface area contributed by atoms with E-state index in [9.17, 15) is 5.11 Å². The van der Waals surface area contributed by atoms with Gasteiger partial charge >= 0.3 is 0 Å². The van der Waals surface area contributed by atoms with Crippen LogP contribution < -0.4 is 15.0 Å². The van der Waals surface area contributed by atoms with E-state index >= 15 is 0 Å². The minimum atomic E-state index is -0.936. The number of hydrogen-bond donors (Lipinski definition) is 2. The summed E-state index contributed by atoms with van der Waals surface area (Å²) in [5.74, 6) is 0.958. The molecule has 2 saturated heterocycles. The van der Waals surface area contributed by atoms with Gasteiger partial charge in [0.15, 0.2) is 11.9 Å². The number of ether oxygens (including phenoxy) is 2. The fourth-order valence-corrected chi connectivity index (χ4v) is 5.18.